The second-order valence-electron chi connectivity index (χ2n) is 10.4. The van der Waals surface area contributed by atoms with E-state index in [2.05, 4.69) is 41.1 Å². The molecule has 0 aliphatic rings. The molecule has 3 aromatic carbocycles. The Labute approximate surface area is 240 Å². The third-order valence-electron chi connectivity index (χ3n) is 7.58. The number of carboxylic acids is 1. The maximum Gasteiger partial charge on any atom is 0.344 e. The number of benzene rings is 3. The summed E-state index contributed by atoms with van der Waals surface area (Å²) in [5, 5.41) is 13.9. The van der Waals surface area contributed by atoms with E-state index in [0.717, 1.165) is 39.7 Å². The average Bonchev–Trinajstić information content (AvgIpc) is 3.17. The Hall–Kier alpha value is -3.77. The van der Waals surface area contributed by atoms with Crippen LogP contribution >= 0.6 is 11.6 Å². The first-order chi connectivity index (χ1) is 19.1. The number of amides is 1. The van der Waals surface area contributed by atoms with Gasteiger partial charge in [-0.1, -0.05) is 55.3 Å². The topological polar surface area (TPSA) is 80.6 Å². The van der Waals surface area contributed by atoms with Crippen LogP contribution in [0.2, 0.25) is 5.02 Å². The van der Waals surface area contributed by atoms with Gasteiger partial charge in [0, 0.05) is 40.7 Å². The number of nitrogens with one attached hydrogen (secondary N) is 1. The molecular weight excluding hydrogens is 524 g/mol. The molecule has 4 aromatic rings. The van der Waals surface area contributed by atoms with E-state index in [4.69, 9.17) is 16.3 Å². The van der Waals surface area contributed by atoms with Crippen molar-refractivity contribution in [2.75, 3.05) is 0 Å². The number of carboxylic acid groups (broad SMARTS) is 1. The van der Waals surface area contributed by atoms with Gasteiger partial charge in [-0.3, -0.25) is 4.79 Å². The Morgan fingerprint density at radius 2 is 1.77 bits per heavy atom. The van der Waals surface area contributed by atoms with Crippen molar-refractivity contribution in [1.29, 1.82) is 0 Å². The van der Waals surface area contributed by atoms with Crippen LogP contribution in [0.5, 0.6) is 5.75 Å². The van der Waals surface area contributed by atoms with Gasteiger partial charge in [0.1, 0.15) is 5.75 Å². The number of rotatable bonds is 11. The van der Waals surface area contributed by atoms with Gasteiger partial charge < -0.3 is 19.7 Å². The normalized spacial score (nSPS) is 12.8. The van der Waals surface area contributed by atoms with Crippen LogP contribution in [0, 0.1) is 6.92 Å². The van der Waals surface area contributed by atoms with Crippen molar-refractivity contribution in [3.05, 3.63) is 99.2 Å². The first kappa shape index (κ1) is 29.2. The van der Waals surface area contributed by atoms with Crippen LogP contribution in [0.3, 0.4) is 0 Å². The van der Waals surface area contributed by atoms with Crippen molar-refractivity contribution < 1.29 is 19.4 Å². The largest absolute Gasteiger partial charge is 0.479 e. The lowest BCUT2D eigenvalue weighted by molar-refractivity contribution is -0.144. The van der Waals surface area contributed by atoms with Crippen molar-refractivity contribution in [1.82, 2.24) is 9.88 Å². The highest BCUT2D eigenvalue weighted by atomic mass is 35.5. The Bertz CT molecular complexity index is 1520. The predicted octanol–water partition coefficient (Wildman–Crippen LogP) is 7.42. The van der Waals surface area contributed by atoms with Gasteiger partial charge in [0.15, 0.2) is 6.10 Å². The smallest absolute Gasteiger partial charge is 0.344 e. The quantitative estimate of drug-likeness (QED) is 0.200. The lowest BCUT2D eigenvalue weighted by atomic mass is 10.0. The van der Waals surface area contributed by atoms with Gasteiger partial charge in [-0.05, 0) is 86.2 Å². The van der Waals surface area contributed by atoms with Crippen LogP contribution in [-0.2, 0) is 24.7 Å². The number of aliphatic carboxylic acids is 1. The fourth-order valence-corrected chi connectivity index (χ4v) is 5.11. The molecule has 0 unspecified atom stereocenters. The maximum atomic E-state index is 13.2. The summed E-state index contributed by atoms with van der Waals surface area (Å²) in [5.74, 6) is -0.697. The number of aryl methyl sites for hydroxylation is 2. The van der Waals surface area contributed by atoms with E-state index in [9.17, 15) is 14.7 Å². The number of fused-ring (bicyclic) bond motifs is 1. The molecule has 0 saturated heterocycles. The van der Waals surface area contributed by atoms with Gasteiger partial charge in [0.25, 0.3) is 5.91 Å². The Morgan fingerprint density at radius 3 is 2.45 bits per heavy atom. The highest BCUT2D eigenvalue weighted by molar-refractivity contribution is 6.31. The summed E-state index contributed by atoms with van der Waals surface area (Å²) in [4.78, 5) is 24.4. The van der Waals surface area contributed by atoms with Gasteiger partial charge in [-0.25, -0.2) is 4.79 Å². The number of carbonyl (C=O) groups excluding carboxylic acids is 1. The molecule has 40 heavy (non-hydrogen) atoms. The first-order valence-corrected chi connectivity index (χ1v) is 14.1. The van der Waals surface area contributed by atoms with Crippen LogP contribution in [0.1, 0.15) is 78.0 Å². The van der Waals surface area contributed by atoms with Gasteiger partial charge in [0.05, 0.1) is 6.04 Å². The SMILES string of the molecule is CCCCc1ccc([C@H](C)NC(=O)c2ccc3c(Cc4cc(O[C@@H](C)C(=O)O)ccc4Cl)c(C)n(C)c3c2)cc1. The molecule has 7 heteroatoms. The molecule has 1 aromatic heterocycles. The van der Waals surface area contributed by atoms with E-state index >= 15 is 0 Å². The molecule has 0 aliphatic heterocycles. The minimum Gasteiger partial charge on any atom is -0.479 e. The van der Waals surface area contributed by atoms with E-state index in [0.29, 0.717) is 22.8 Å². The van der Waals surface area contributed by atoms with E-state index in [1.807, 2.05) is 39.1 Å². The van der Waals surface area contributed by atoms with Crippen molar-refractivity contribution in [2.45, 2.75) is 65.5 Å². The highest BCUT2D eigenvalue weighted by Crippen LogP contribution is 2.32. The Morgan fingerprint density at radius 1 is 1.05 bits per heavy atom. The molecule has 0 fully saturated rings. The van der Waals surface area contributed by atoms with Crippen molar-refractivity contribution in [2.24, 2.45) is 7.05 Å². The summed E-state index contributed by atoms with van der Waals surface area (Å²) in [5.41, 5.74) is 6.94. The zero-order valence-corrected chi connectivity index (χ0v) is 24.5. The number of nitrogens with zero attached hydrogens (tertiary/aromatic N) is 1. The molecule has 0 bridgehead atoms. The average molecular weight is 561 g/mol. The monoisotopic (exact) mass is 560 g/mol. The fourth-order valence-electron chi connectivity index (χ4n) is 4.93. The molecule has 0 saturated carbocycles. The summed E-state index contributed by atoms with van der Waals surface area (Å²) >= 11 is 6.52. The van der Waals surface area contributed by atoms with Gasteiger partial charge in [-0.15, -0.1) is 0 Å². The molecule has 2 N–H and O–H groups in total. The van der Waals surface area contributed by atoms with Crippen LogP contribution < -0.4 is 10.1 Å². The number of ether oxygens (including phenoxy) is 1. The van der Waals surface area contributed by atoms with E-state index < -0.39 is 12.1 Å². The minimum absolute atomic E-state index is 0.116. The van der Waals surface area contributed by atoms with Gasteiger partial charge in [0.2, 0.25) is 0 Å². The number of aromatic nitrogens is 1. The Balaban J connectivity index is 1.54. The number of hydrogen-bond donors (Lipinski definition) is 2. The molecule has 0 spiro atoms. The summed E-state index contributed by atoms with van der Waals surface area (Å²) < 4.78 is 7.64. The number of halogens is 1. The number of carbonyl (C=O) groups is 2. The second kappa shape index (κ2) is 12.6. The molecule has 4 rings (SSSR count). The third-order valence-corrected chi connectivity index (χ3v) is 7.95. The van der Waals surface area contributed by atoms with Gasteiger partial charge >= 0.3 is 5.97 Å². The molecule has 0 aliphatic carbocycles. The molecule has 0 radical (unpaired) electrons. The predicted molar refractivity (Wildman–Crippen MR) is 161 cm³/mol. The van der Waals surface area contributed by atoms with Crippen molar-refractivity contribution in [3.63, 3.8) is 0 Å². The number of hydrogen-bond acceptors (Lipinski definition) is 3. The van der Waals surface area contributed by atoms with Gasteiger partial charge in [-0.2, -0.15) is 0 Å². The summed E-state index contributed by atoms with van der Waals surface area (Å²) in [7, 11) is 1.99. The molecule has 2 atom stereocenters. The van der Waals surface area contributed by atoms with Crippen molar-refractivity contribution >= 4 is 34.4 Å². The van der Waals surface area contributed by atoms with Crippen LogP contribution in [0.15, 0.2) is 60.7 Å². The van der Waals surface area contributed by atoms with E-state index in [1.165, 1.54) is 25.3 Å². The molecule has 6 nitrogen and oxygen atoms in total. The van der Waals surface area contributed by atoms with E-state index in [1.54, 1.807) is 18.2 Å². The fraction of sp³-hybridized carbons (Fsp3) is 0.333. The maximum absolute atomic E-state index is 13.2. The lowest BCUT2D eigenvalue weighted by Gasteiger charge is -2.15. The number of unbranched alkanes of at least 4 members (excludes halogenated alkanes) is 1. The molecule has 1 heterocycles. The Kier molecular flexibility index (Phi) is 9.21. The lowest BCUT2D eigenvalue weighted by Crippen LogP contribution is -2.26. The third kappa shape index (κ3) is 6.50. The first-order valence-electron chi connectivity index (χ1n) is 13.7. The van der Waals surface area contributed by atoms with E-state index in [-0.39, 0.29) is 11.9 Å². The molecule has 1 amide bonds. The minimum atomic E-state index is -1.03. The van der Waals surface area contributed by atoms with Crippen LogP contribution in [-0.4, -0.2) is 27.7 Å². The standard InChI is InChI=1S/C33H37ClN2O4/c1-6-7-8-23-9-11-24(12-10-23)20(2)35-32(37)25-13-15-28-29(21(3)36(5)31(28)19-25)18-26-17-27(14-16-30(26)34)40-22(4)33(38)39/h9-17,19-20,22H,6-8,18H2,1-5H3,(H,35,37)(H,38,39)/t20-,22-/m0/s1. The second-order valence-corrected chi connectivity index (χ2v) is 10.8. The van der Waals surface area contributed by atoms with Crippen molar-refractivity contribution in [3.8, 4) is 5.75 Å². The summed E-state index contributed by atoms with van der Waals surface area (Å²) in [6, 6.07) is 19.3. The van der Waals surface area contributed by atoms with Crippen LogP contribution in [0.4, 0.5) is 0 Å². The molecule has 210 valence electrons. The van der Waals surface area contributed by atoms with Crippen LogP contribution in [0.25, 0.3) is 10.9 Å². The highest BCUT2D eigenvalue weighted by Gasteiger charge is 2.19. The zero-order chi connectivity index (χ0) is 29.0. The summed E-state index contributed by atoms with van der Waals surface area (Å²) in [6.45, 7) is 7.73. The zero-order valence-electron chi connectivity index (χ0n) is 23.8. The molecular formula is C33H37ClN2O4. The summed E-state index contributed by atoms with van der Waals surface area (Å²) in [6.07, 6.45) is 2.99.